The van der Waals surface area contributed by atoms with Crippen molar-refractivity contribution in [1.82, 2.24) is 5.32 Å². The Bertz CT molecular complexity index is 1540. The van der Waals surface area contributed by atoms with Crippen LogP contribution in [0.3, 0.4) is 0 Å². The van der Waals surface area contributed by atoms with Gasteiger partial charge in [-0.05, 0) is 67.4 Å². The van der Waals surface area contributed by atoms with Crippen LogP contribution in [-0.4, -0.2) is 32.9 Å². The van der Waals surface area contributed by atoms with Crippen LogP contribution in [0, 0.1) is 6.92 Å². The third-order valence-corrected chi connectivity index (χ3v) is 6.81. The van der Waals surface area contributed by atoms with E-state index < -0.39 is 28.0 Å². The molecule has 0 aromatic heterocycles. The highest BCUT2D eigenvalue weighted by molar-refractivity contribution is 7.87. The lowest BCUT2D eigenvalue weighted by Crippen LogP contribution is -2.54. The lowest BCUT2D eigenvalue weighted by molar-refractivity contribution is -0.122. The summed E-state index contributed by atoms with van der Waals surface area (Å²) in [5, 5.41) is 2.47. The topological polar surface area (TPSA) is 119 Å². The molecule has 11 heteroatoms. The summed E-state index contributed by atoms with van der Waals surface area (Å²) in [6.45, 7) is 3.59. The molecule has 0 radical (unpaired) electrons. The number of carbonyl (C=O) groups excluding carboxylic acids is 3. The van der Waals surface area contributed by atoms with Gasteiger partial charge in [-0.2, -0.15) is 8.42 Å². The molecule has 4 amide bonds. The van der Waals surface area contributed by atoms with Crippen molar-refractivity contribution < 1.29 is 31.7 Å². The van der Waals surface area contributed by atoms with Crippen LogP contribution in [0.5, 0.6) is 11.5 Å². The second kappa shape index (κ2) is 10.5. The summed E-state index contributed by atoms with van der Waals surface area (Å²) in [6, 6.07) is 15.7. The number of anilines is 1. The number of nitrogens with zero attached hydrogens (tertiary/aromatic N) is 1. The molecule has 1 aliphatic heterocycles. The van der Waals surface area contributed by atoms with Crippen LogP contribution in [0.25, 0.3) is 6.08 Å². The Morgan fingerprint density at radius 1 is 0.973 bits per heavy atom. The van der Waals surface area contributed by atoms with E-state index in [1.807, 2.05) is 0 Å². The SMILES string of the molecule is CCOc1cc(/C=C2\C(=O)NC(=O)N(c3cc(Cl)ccc3C)C2=O)ccc1OS(=O)(=O)c1ccccc1. The van der Waals surface area contributed by atoms with E-state index in [9.17, 15) is 22.8 Å². The summed E-state index contributed by atoms with van der Waals surface area (Å²) in [5.41, 5.74) is 0.857. The Labute approximate surface area is 218 Å². The van der Waals surface area contributed by atoms with Crippen molar-refractivity contribution in [2.24, 2.45) is 0 Å². The molecule has 1 saturated heterocycles. The first-order valence-electron chi connectivity index (χ1n) is 11.0. The number of nitrogens with one attached hydrogen (secondary N) is 1. The summed E-state index contributed by atoms with van der Waals surface area (Å²) in [7, 11) is -4.13. The molecular weight excluding hydrogens is 520 g/mol. The lowest BCUT2D eigenvalue weighted by Gasteiger charge is -2.27. The quantitative estimate of drug-likeness (QED) is 0.266. The fourth-order valence-corrected chi connectivity index (χ4v) is 4.70. The molecule has 4 rings (SSSR count). The van der Waals surface area contributed by atoms with Gasteiger partial charge in [0, 0.05) is 5.02 Å². The average molecular weight is 541 g/mol. The smallest absolute Gasteiger partial charge is 0.339 e. The summed E-state index contributed by atoms with van der Waals surface area (Å²) >= 11 is 6.05. The van der Waals surface area contributed by atoms with Crippen LogP contribution in [0.1, 0.15) is 18.1 Å². The number of rotatable bonds is 7. The molecule has 1 N–H and O–H groups in total. The number of barbiturate groups is 1. The molecule has 0 spiro atoms. The van der Waals surface area contributed by atoms with E-state index in [0.29, 0.717) is 16.1 Å². The van der Waals surface area contributed by atoms with Gasteiger partial charge in [0.1, 0.15) is 10.5 Å². The number of urea groups is 1. The van der Waals surface area contributed by atoms with Gasteiger partial charge < -0.3 is 8.92 Å². The first-order valence-corrected chi connectivity index (χ1v) is 12.8. The molecule has 1 fully saturated rings. The maximum absolute atomic E-state index is 13.2. The van der Waals surface area contributed by atoms with E-state index >= 15 is 0 Å². The van der Waals surface area contributed by atoms with Crippen molar-refractivity contribution in [1.29, 1.82) is 0 Å². The first kappa shape index (κ1) is 25.9. The van der Waals surface area contributed by atoms with Gasteiger partial charge >= 0.3 is 16.1 Å². The summed E-state index contributed by atoms with van der Waals surface area (Å²) in [6.07, 6.45) is 1.27. The second-order valence-corrected chi connectivity index (χ2v) is 9.86. The third kappa shape index (κ3) is 5.50. The Hall–Kier alpha value is -4.15. The van der Waals surface area contributed by atoms with Crippen molar-refractivity contribution in [3.8, 4) is 11.5 Å². The minimum absolute atomic E-state index is 0.0332. The highest BCUT2D eigenvalue weighted by atomic mass is 35.5. The van der Waals surface area contributed by atoms with Crippen molar-refractivity contribution >= 4 is 51.3 Å². The number of imide groups is 2. The predicted octanol–water partition coefficient (Wildman–Crippen LogP) is 4.48. The van der Waals surface area contributed by atoms with E-state index in [1.54, 1.807) is 44.2 Å². The number of halogens is 1. The molecule has 0 aliphatic carbocycles. The van der Waals surface area contributed by atoms with Gasteiger partial charge in [0.05, 0.1) is 12.3 Å². The van der Waals surface area contributed by atoms with Gasteiger partial charge in [0.25, 0.3) is 11.8 Å². The number of benzene rings is 3. The first-order chi connectivity index (χ1) is 17.6. The summed E-state index contributed by atoms with van der Waals surface area (Å²) in [4.78, 5) is 39.1. The minimum Gasteiger partial charge on any atom is -0.490 e. The molecule has 0 atom stereocenters. The third-order valence-electron chi connectivity index (χ3n) is 5.32. The van der Waals surface area contributed by atoms with Crippen LogP contribution in [0.2, 0.25) is 5.02 Å². The molecule has 190 valence electrons. The van der Waals surface area contributed by atoms with E-state index in [-0.39, 0.29) is 34.3 Å². The minimum atomic E-state index is -4.13. The maximum Gasteiger partial charge on any atom is 0.339 e. The van der Waals surface area contributed by atoms with Crippen molar-refractivity contribution in [2.75, 3.05) is 11.5 Å². The normalized spacial score (nSPS) is 15.1. The number of carbonyl (C=O) groups is 3. The Morgan fingerprint density at radius 3 is 2.41 bits per heavy atom. The van der Waals surface area contributed by atoms with E-state index in [2.05, 4.69) is 5.32 Å². The lowest BCUT2D eigenvalue weighted by atomic mass is 10.1. The Balaban J connectivity index is 1.70. The second-order valence-electron chi connectivity index (χ2n) is 7.88. The van der Waals surface area contributed by atoms with Crippen molar-refractivity contribution in [2.45, 2.75) is 18.7 Å². The van der Waals surface area contributed by atoms with Gasteiger partial charge in [0.2, 0.25) is 0 Å². The van der Waals surface area contributed by atoms with Crippen LogP contribution >= 0.6 is 11.6 Å². The number of aryl methyl sites for hydroxylation is 1. The molecule has 1 heterocycles. The molecule has 0 saturated carbocycles. The molecule has 3 aromatic carbocycles. The Morgan fingerprint density at radius 2 is 1.70 bits per heavy atom. The Kier molecular flexibility index (Phi) is 7.33. The zero-order chi connectivity index (χ0) is 26.7. The van der Waals surface area contributed by atoms with Gasteiger partial charge in [-0.15, -0.1) is 0 Å². The molecule has 1 aliphatic rings. The zero-order valence-electron chi connectivity index (χ0n) is 19.7. The number of hydrogen-bond donors (Lipinski definition) is 1. The largest absolute Gasteiger partial charge is 0.490 e. The van der Waals surface area contributed by atoms with E-state index in [0.717, 1.165) is 4.90 Å². The predicted molar refractivity (Wildman–Crippen MR) is 137 cm³/mol. The van der Waals surface area contributed by atoms with Gasteiger partial charge in [-0.25, -0.2) is 9.69 Å². The summed E-state index contributed by atoms with van der Waals surface area (Å²) in [5.74, 6) is -1.71. The number of ether oxygens (including phenoxy) is 1. The number of hydrogen-bond acceptors (Lipinski definition) is 7. The van der Waals surface area contributed by atoms with Crippen LogP contribution in [-0.2, 0) is 19.7 Å². The molecule has 9 nitrogen and oxygen atoms in total. The molecule has 0 bridgehead atoms. The monoisotopic (exact) mass is 540 g/mol. The highest BCUT2D eigenvalue weighted by Gasteiger charge is 2.37. The molecule has 0 unspecified atom stereocenters. The van der Waals surface area contributed by atoms with Crippen molar-refractivity contribution in [3.63, 3.8) is 0 Å². The number of amides is 4. The standard InChI is InChI=1S/C26H21ClN2O7S/c1-3-35-23-14-17(10-12-22(23)36-37(33,34)19-7-5-4-6-8-19)13-20-24(30)28-26(32)29(25(20)31)21-15-18(27)11-9-16(21)2/h4-15H,3H2,1-2H3,(H,28,30,32)/b20-13+. The molecular formula is C26H21ClN2O7S. The fourth-order valence-electron chi connectivity index (χ4n) is 3.57. The fraction of sp³-hybridized carbons (Fsp3) is 0.115. The van der Waals surface area contributed by atoms with E-state index in [4.69, 9.17) is 20.5 Å². The molecule has 3 aromatic rings. The van der Waals surface area contributed by atoms with Gasteiger partial charge in [-0.1, -0.05) is 41.9 Å². The van der Waals surface area contributed by atoms with Crippen LogP contribution in [0.15, 0.2) is 77.2 Å². The van der Waals surface area contributed by atoms with Crippen LogP contribution < -0.4 is 19.1 Å². The maximum atomic E-state index is 13.2. The molecule has 37 heavy (non-hydrogen) atoms. The van der Waals surface area contributed by atoms with E-state index in [1.165, 1.54) is 42.5 Å². The van der Waals surface area contributed by atoms with Crippen LogP contribution in [0.4, 0.5) is 10.5 Å². The highest BCUT2D eigenvalue weighted by Crippen LogP contribution is 2.33. The average Bonchev–Trinajstić information content (AvgIpc) is 2.86. The zero-order valence-corrected chi connectivity index (χ0v) is 21.3. The summed E-state index contributed by atoms with van der Waals surface area (Å²) < 4.78 is 36.2. The van der Waals surface area contributed by atoms with Crippen molar-refractivity contribution in [3.05, 3.63) is 88.5 Å². The van der Waals surface area contributed by atoms with Gasteiger partial charge in [0.15, 0.2) is 11.5 Å². The van der Waals surface area contributed by atoms with Gasteiger partial charge in [-0.3, -0.25) is 14.9 Å².